The van der Waals surface area contributed by atoms with Crippen LogP contribution in [0.15, 0.2) is 24.3 Å². The first-order valence-electron chi connectivity index (χ1n) is 8.50. The van der Waals surface area contributed by atoms with Crippen LogP contribution in [0.1, 0.15) is 44.6 Å². The van der Waals surface area contributed by atoms with Gasteiger partial charge in [0.1, 0.15) is 5.82 Å². The van der Waals surface area contributed by atoms with Crippen LogP contribution in [0.5, 0.6) is 0 Å². The number of rotatable bonds is 6. The van der Waals surface area contributed by atoms with Crippen LogP contribution in [0.4, 0.5) is 9.18 Å². The first-order chi connectivity index (χ1) is 12.0. The molecular weight excluding hydrogens is 327 g/mol. The summed E-state index contributed by atoms with van der Waals surface area (Å²) in [6, 6.07) is 5.67. The average Bonchev–Trinajstić information content (AvgIpc) is 3.06. The van der Waals surface area contributed by atoms with Crippen LogP contribution < -0.4 is 10.6 Å². The van der Waals surface area contributed by atoms with Crippen molar-refractivity contribution in [3.63, 3.8) is 0 Å². The van der Waals surface area contributed by atoms with Gasteiger partial charge in [0, 0.05) is 12.5 Å². The van der Waals surface area contributed by atoms with Gasteiger partial charge in [-0.15, -0.1) is 0 Å². The number of urea groups is 1. The quantitative estimate of drug-likeness (QED) is 0.772. The minimum Gasteiger partial charge on any atom is -0.453 e. The highest BCUT2D eigenvalue weighted by Gasteiger charge is 2.22. The third kappa shape index (κ3) is 6.17. The molecule has 0 unspecified atom stereocenters. The monoisotopic (exact) mass is 350 g/mol. The molecule has 1 fully saturated rings. The molecule has 136 valence electrons. The predicted octanol–water partition coefficient (Wildman–Crippen LogP) is 2.46. The molecule has 0 aromatic heterocycles. The molecule has 1 aliphatic rings. The second kappa shape index (κ2) is 9.15. The highest BCUT2D eigenvalue weighted by molar-refractivity contribution is 5.97. The molecule has 1 atom stereocenters. The zero-order chi connectivity index (χ0) is 18.2. The number of imide groups is 1. The van der Waals surface area contributed by atoms with E-state index in [1.807, 2.05) is 0 Å². The number of ether oxygens (including phenoxy) is 1. The van der Waals surface area contributed by atoms with Crippen molar-refractivity contribution in [2.24, 2.45) is 0 Å². The maximum Gasteiger partial charge on any atom is 0.321 e. The van der Waals surface area contributed by atoms with Gasteiger partial charge in [-0.25, -0.2) is 9.18 Å². The van der Waals surface area contributed by atoms with E-state index >= 15 is 0 Å². The van der Waals surface area contributed by atoms with Crippen LogP contribution in [0.25, 0.3) is 0 Å². The summed E-state index contributed by atoms with van der Waals surface area (Å²) in [5.41, 5.74) is 0.410. The van der Waals surface area contributed by atoms with Gasteiger partial charge < -0.3 is 10.1 Å². The number of benzene rings is 1. The third-order valence-electron chi connectivity index (χ3n) is 4.16. The Labute approximate surface area is 146 Å². The first-order valence-corrected chi connectivity index (χ1v) is 8.50. The van der Waals surface area contributed by atoms with Crippen LogP contribution >= 0.6 is 0 Å². The van der Waals surface area contributed by atoms with Gasteiger partial charge >= 0.3 is 12.0 Å². The molecule has 0 heterocycles. The summed E-state index contributed by atoms with van der Waals surface area (Å²) in [7, 11) is 0. The van der Waals surface area contributed by atoms with E-state index in [1.165, 1.54) is 13.0 Å². The lowest BCUT2D eigenvalue weighted by molar-refractivity contribution is -0.154. The maximum atomic E-state index is 13.5. The lowest BCUT2D eigenvalue weighted by Gasteiger charge is -2.15. The molecule has 25 heavy (non-hydrogen) atoms. The number of esters is 1. The van der Waals surface area contributed by atoms with E-state index < -0.39 is 24.0 Å². The molecule has 7 heteroatoms. The van der Waals surface area contributed by atoms with Crippen LogP contribution in [-0.4, -0.2) is 30.1 Å². The van der Waals surface area contributed by atoms with Crippen molar-refractivity contribution in [2.75, 3.05) is 0 Å². The lowest BCUT2D eigenvalue weighted by atomic mass is 10.1. The van der Waals surface area contributed by atoms with E-state index in [-0.39, 0.29) is 24.7 Å². The maximum absolute atomic E-state index is 13.5. The molecule has 0 spiro atoms. The Hall–Kier alpha value is -2.44. The van der Waals surface area contributed by atoms with Gasteiger partial charge in [0.05, 0.1) is 0 Å². The third-order valence-corrected chi connectivity index (χ3v) is 4.16. The van der Waals surface area contributed by atoms with E-state index in [4.69, 9.17) is 4.74 Å². The van der Waals surface area contributed by atoms with E-state index in [0.717, 1.165) is 25.7 Å². The van der Waals surface area contributed by atoms with Gasteiger partial charge in [-0.1, -0.05) is 31.0 Å². The SMILES string of the molecule is C[C@H](OC(=O)CCc1ccccc1F)C(=O)NC(=O)NC1CCCC1. The van der Waals surface area contributed by atoms with Gasteiger partial charge in [0.25, 0.3) is 5.91 Å². The fourth-order valence-electron chi connectivity index (χ4n) is 2.75. The number of carbonyl (C=O) groups excluding carboxylic acids is 3. The molecule has 6 nitrogen and oxygen atoms in total. The summed E-state index contributed by atoms with van der Waals surface area (Å²) < 4.78 is 18.5. The Balaban J connectivity index is 1.71. The van der Waals surface area contributed by atoms with Crippen molar-refractivity contribution in [1.82, 2.24) is 10.6 Å². The standard InChI is InChI=1S/C18H23FN2O4/c1-12(17(23)21-18(24)20-14-7-3-4-8-14)25-16(22)11-10-13-6-2-5-9-15(13)19/h2,5-6,9,12,14H,3-4,7-8,10-11H2,1H3,(H2,20,21,23,24)/t12-/m0/s1. The van der Waals surface area contributed by atoms with Gasteiger partial charge in [0.15, 0.2) is 6.10 Å². The van der Waals surface area contributed by atoms with Crippen molar-refractivity contribution in [2.45, 2.75) is 57.6 Å². The summed E-state index contributed by atoms with van der Waals surface area (Å²) in [5.74, 6) is -1.69. The molecule has 0 radical (unpaired) electrons. The fraction of sp³-hybridized carbons (Fsp3) is 0.500. The number of aryl methyl sites for hydroxylation is 1. The lowest BCUT2D eigenvalue weighted by Crippen LogP contribution is -2.47. The molecule has 0 saturated heterocycles. The van der Waals surface area contributed by atoms with Crippen LogP contribution in [0.3, 0.4) is 0 Å². The molecule has 1 saturated carbocycles. The highest BCUT2D eigenvalue weighted by atomic mass is 19.1. The molecule has 0 bridgehead atoms. The van der Waals surface area contributed by atoms with E-state index in [0.29, 0.717) is 5.56 Å². The van der Waals surface area contributed by atoms with Crippen LogP contribution in [-0.2, 0) is 20.7 Å². The molecule has 0 aliphatic heterocycles. The molecule has 2 N–H and O–H groups in total. The summed E-state index contributed by atoms with van der Waals surface area (Å²) >= 11 is 0. The Bertz CT molecular complexity index is 629. The van der Waals surface area contributed by atoms with Crippen molar-refractivity contribution in [3.8, 4) is 0 Å². The topological polar surface area (TPSA) is 84.5 Å². The predicted molar refractivity (Wildman–Crippen MR) is 89.2 cm³/mol. The summed E-state index contributed by atoms with van der Waals surface area (Å²) in [6.07, 6.45) is 2.98. The second-order valence-corrected chi connectivity index (χ2v) is 6.17. The summed E-state index contributed by atoms with van der Waals surface area (Å²) in [5, 5.41) is 4.89. The van der Waals surface area contributed by atoms with Crippen LogP contribution in [0, 0.1) is 5.82 Å². The number of carbonyl (C=O) groups is 3. The molecule has 2 rings (SSSR count). The second-order valence-electron chi connectivity index (χ2n) is 6.17. The van der Waals surface area contributed by atoms with Gasteiger partial charge in [-0.3, -0.25) is 14.9 Å². The summed E-state index contributed by atoms with van der Waals surface area (Å²) in [4.78, 5) is 35.4. The number of halogens is 1. The number of nitrogens with one attached hydrogen (secondary N) is 2. The zero-order valence-corrected chi connectivity index (χ0v) is 14.2. The molecule has 3 amide bonds. The average molecular weight is 350 g/mol. The first kappa shape index (κ1) is 18.9. The minimum absolute atomic E-state index is 0.0488. The smallest absolute Gasteiger partial charge is 0.321 e. The molecular formula is C18H23FN2O4. The van der Waals surface area contributed by atoms with Gasteiger partial charge in [-0.05, 0) is 37.8 Å². The Morgan fingerprint density at radius 1 is 1.24 bits per heavy atom. The number of hydrogen-bond acceptors (Lipinski definition) is 4. The van der Waals surface area contributed by atoms with Gasteiger partial charge in [-0.2, -0.15) is 0 Å². The Morgan fingerprint density at radius 2 is 1.92 bits per heavy atom. The Morgan fingerprint density at radius 3 is 2.60 bits per heavy atom. The molecule has 1 aromatic rings. The molecule has 1 aliphatic carbocycles. The van der Waals surface area contributed by atoms with Gasteiger partial charge in [0.2, 0.25) is 0 Å². The van der Waals surface area contributed by atoms with Crippen molar-refractivity contribution in [1.29, 1.82) is 0 Å². The zero-order valence-electron chi connectivity index (χ0n) is 14.2. The van der Waals surface area contributed by atoms with E-state index in [1.54, 1.807) is 18.2 Å². The van der Waals surface area contributed by atoms with E-state index in [9.17, 15) is 18.8 Å². The number of amides is 3. The number of hydrogen-bond donors (Lipinski definition) is 2. The highest BCUT2D eigenvalue weighted by Crippen LogP contribution is 2.17. The van der Waals surface area contributed by atoms with Crippen molar-refractivity contribution >= 4 is 17.9 Å². The summed E-state index contributed by atoms with van der Waals surface area (Å²) in [6.45, 7) is 1.39. The van der Waals surface area contributed by atoms with Crippen molar-refractivity contribution < 1.29 is 23.5 Å². The van der Waals surface area contributed by atoms with Crippen molar-refractivity contribution in [3.05, 3.63) is 35.6 Å². The fourth-order valence-corrected chi connectivity index (χ4v) is 2.75. The Kier molecular flexibility index (Phi) is 6.91. The normalized spacial score (nSPS) is 15.4. The minimum atomic E-state index is -1.09. The molecule has 1 aromatic carbocycles. The largest absolute Gasteiger partial charge is 0.453 e. The van der Waals surface area contributed by atoms with E-state index in [2.05, 4.69) is 10.6 Å². The van der Waals surface area contributed by atoms with Crippen LogP contribution in [0.2, 0.25) is 0 Å².